The molecule has 0 amide bonds. The molecule has 2 aliphatic rings. The van der Waals surface area contributed by atoms with Crippen molar-refractivity contribution in [3.8, 4) is 0 Å². The van der Waals surface area contributed by atoms with Gasteiger partial charge in [-0.3, -0.25) is 14.4 Å². The van der Waals surface area contributed by atoms with Crippen LogP contribution in [0.5, 0.6) is 0 Å². The van der Waals surface area contributed by atoms with Gasteiger partial charge in [-0.15, -0.1) is 0 Å². The van der Waals surface area contributed by atoms with Gasteiger partial charge in [0.2, 0.25) is 11.6 Å². The van der Waals surface area contributed by atoms with E-state index in [4.69, 9.17) is 5.11 Å². The minimum atomic E-state index is -0.845. The number of unbranched alkanes of at least 4 members (excludes halogenated alkanes) is 5. The van der Waals surface area contributed by atoms with Gasteiger partial charge in [0.25, 0.3) is 5.78 Å². The predicted octanol–water partition coefficient (Wildman–Crippen LogP) is 3.18. The highest BCUT2D eigenvalue weighted by atomic mass is 16.3. The molecular weight excluding hydrogens is 356 g/mol. The second-order valence-corrected chi connectivity index (χ2v) is 8.11. The molecule has 156 valence electrons. The van der Waals surface area contributed by atoms with Gasteiger partial charge in [0, 0.05) is 18.4 Å². The first-order valence-electron chi connectivity index (χ1n) is 10.8. The first kappa shape index (κ1) is 22.7. The van der Waals surface area contributed by atoms with Gasteiger partial charge in [0.1, 0.15) is 0 Å². The van der Waals surface area contributed by atoms with Crippen LogP contribution in [0.15, 0.2) is 24.3 Å². The molecule has 2 saturated carbocycles. The summed E-state index contributed by atoms with van der Waals surface area (Å²) in [4.78, 5) is 36.7. The second kappa shape index (κ2) is 11.4. The number of fused-ring (bicyclic) bond motifs is 2. The summed E-state index contributed by atoms with van der Waals surface area (Å²) in [5, 5.41) is 19.0. The number of ketones is 3. The summed E-state index contributed by atoms with van der Waals surface area (Å²) in [5.41, 5.74) is 0. The molecule has 2 N–H and O–H groups in total. The molecular formula is C23H34O5. The summed E-state index contributed by atoms with van der Waals surface area (Å²) in [5.74, 6) is -3.19. The van der Waals surface area contributed by atoms with E-state index < -0.39 is 35.3 Å². The standard InChI is InChI=1S/C23H34O5/c1-2-3-7-10-16(25)12-13-18-17(11-8-5-4-6-9-14-24)19-15-20(18)22(27)23(28)21(19)26/h8,11-13,16-20,24-25H,2-7,9-10,14-15H2,1H3. The second-order valence-electron chi connectivity index (χ2n) is 8.11. The molecule has 28 heavy (non-hydrogen) atoms. The minimum Gasteiger partial charge on any atom is -0.396 e. The minimum absolute atomic E-state index is 0.162. The Kier molecular flexibility index (Phi) is 9.26. The Morgan fingerprint density at radius 1 is 0.964 bits per heavy atom. The molecule has 2 rings (SSSR count). The maximum absolute atomic E-state index is 12.3. The van der Waals surface area contributed by atoms with Crippen LogP contribution in [-0.4, -0.2) is 40.3 Å². The summed E-state index contributed by atoms with van der Waals surface area (Å²) in [6.07, 6.45) is 14.8. The van der Waals surface area contributed by atoms with Crippen LogP contribution >= 0.6 is 0 Å². The van der Waals surface area contributed by atoms with Gasteiger partial charge in [-0.25, -0.2) is 0 Å². The van der Waals surface area contributed by atoms with Crippen molar-refractivity contribution >= 4 is 17.3 Å². The summed E-state index contributed by atoms with van der Waals surface area (Å²) in [6.45, 7) is 2.31. The number of rotatable bonds is 12. The normalized spacial score (nSPS) is 28.8. The molecule has 5 nitrogen and oxygen atoms in total. The topological polar surface area (TPSA) is 91.7 Å². The molecule has 0 aromatic rings. The maximum Gasteiger partial charge on any atom is 0.264 e. The molecule has 0 aromatic carbocycles. The Hall–Kier alpha value is -1.59. The molecule has 0 aliphatic heterocycles. The molecule has 5 heteroatoms. The Morgan fingerprint density at radius 3 is 2.29 bits per heavy atom. The SMILES string of the molecule is CCCCCC(O)C=CC1C2CC(C(=O)C(=O)C2=O)C1C=CCCCCCO. The zero-order valence-electron chi connectivity index (χ0n) is 16.9. The average Bonchev–Trinajstić information content (AvgIpc) is 3.02. The molecule has 0 radical (unpaired) electrons. The quantitative estimate of drug-likeness (QED) is 0.303. The lowest BCUT2D eigenvalue weighted by Crippen LogP contribution is -2.37. The van der Waals surface area contributed by atoms with E-state index in [0.29, 0.717) is 12.8 Å². The molecule has 2 bridgehead atoms. The van der Waals surface area contributed by atoms with E-state index >= 15 is 0 Å². The van der Waals surface area contributed by atoms with Crippen LogP contribution in [0.2, 0.25) is 0 Å². The van der Waals surface area contributed by atoms with Crippen molar-refractivity contribution in [2.75, 3.05) is 6.61 Å². The van der Waals surface area contributed by atoms with Crippen molar-refractivity contribution in [1.29, 1.82) is 0 Å². The van der Waals surface area contributed by atoms with E-state index in [1.165, 1.54) is 0 Å². The van der Waals surface area contributed by atoms with E-state index in [-0.39, 0.29) is 18.4 Å². The molecule has 0 aromatic heterocycles. The largest absolute Gasteiger partial charge is 0.396 e. The number of hydrogen-bond acceptors (Lipinski definition) is 5. The third-order valence-corrected chi connectivity index (χ3v) is 6.05. The molecule has 2 aliphatic carbocycles. The Labute approximate surface area is 167 Å². The van der Waals surface area contributed by atoms with Crippen molar-refractivity contribution in [2.24, 2.45) is 23.7 Å². The fourth-order valence-electron chi connectivity index (χ4n) is 4.43. The van der Waals surface area contributed by atoms with Crippen LogP contribution in [0, 0.1) is 23.7 Å². The fraction of sp³-hybridized carbons (Fsp3) is 0.696. The van der Waals surface area contributed by atoms with Crippen LogP contribution in [-0.2, 0) is 14.4 Å². The third kappa shape index (κ3) is 5.71. The zero-order chi connectivity index (χ0) is 20.5. The van der Waals surface area contributed by atoms with Gasteiger partial charge in [-0.2, -0.15) is 0 Å². The van der Waals surface area contributed by atoms with Crippen LogP contribution in [0.25, 0.3) is 0 Å². The monoisotopic (exact) mass is 390 g/mol. The van der Waals surface area contributed by atoms with Gasteiger partial charge < -0.3 is 10.2 Å². The first-order valence-corrected chi connectivity index (χ1v) is 10.8. The number of aliphatic hydroxyl groups is 2. The van der Waals surface area contributed by atoms with E-state index in [1.807, 2.05) is 18.2 Å². The lowest BCUT2D eigenvalue weighted by Gasteiger charge is -2.17. The van der Waals surface area contributed by atoms with Crippen molar-refractivity contribution in [2.45, 2.75) is 70.8 Å². The zero-order valence-corrected chi connectivity index (χ0v) is 16.9. The lowest BCUT2D eigenvalue weighted by atomic mass is 9.84. The van der Waals surface area contributed by atoms with Crippen LogP contribution in [0.1, 0.15) is 64.7 Å². The number of carbonyl (C=O) groups excluding carboxylic acids is 3. The van der Waals surface area contributed by atoms with Crippen LogP contribution < -0.4 is 0 Å². The number of Topliss-reactive ketones (excluding diaryl/α,β-unsaturated/α-hetero) is 3. The number of carbonyl (C=O) groups is 3. The lowest BCUT2D eigenvalue weighted by molar-refractivity contribution is -0.148. The van der Waals surface area contributed by atoms with Gasteiger partial charge >= 0.3 is 0 Å². The smallest absolute Gasteiger partial charge is 0.264 e. The highest BCUT2D eigenvalue weighted by Gasteiger charge is 2.55. The summed E-state index contributed by atoms with van der Waals surface area (Å²) < 4.78 is 0. The Balaban J connectivity index is 2.07. The number of allylic oxidation sites excluding steroid dienone is 3. The van der Waals surface area contributed by atoms with Gasteiger partial charge in [-0.05, 0) is 43.9 Å². The molecule has 5 unspecified atom stereocenters. The van der Waals surface area contributed by atoms with E-state index in [1.54, 1.807) is 6.08 Å². The highest BCUT2D eigenvalue weighted by Crippen LogP contribution is 2.47. The molecule has 0 spiro atoms. The average molecular weight is 391 g/mol. The molecule has 0 heterocycles. The highest BCUT2D eigenvalue weighted by molar-refractivity contribution is 6.65. The Morgan fingerprint density at radius 2 is 1.64 bits per heavy atom. The van der Waals surface area contributed by atoms with Gasteiger partial charge in [0.05, 0.1) is 6.10 Å². The van der Waals surface area contributed by atoms with E-state index in [0.717, 1.165) is 44.9 Å². The van der Waals surface area contributed by atoms with Crippen molar-refractivity contribution in [3.05, 3.63) is 24.3 Å². The van der Waals surface area contributed by atoms with Crippen LogP contribution in [0.4, 0.5) is 0 Å². The van der Waals surface area contributed by atoms with Gasteiger partial charge in [-0.1, -0.05) is 56.9 Å². The van der Waals surface area contributed by atoms with Crippen LogP contribution in [0.3, 0.4) is 0 Å². The fourth-order valence-corrected chi connectivity index (χ4v) is 4.43. The van der Waals surface area contributed by atoms with E-state index in [9.17, 15) is 19.5 Å². The molecule has 0 saturated heterocycles. The van der Waals surface area contributed by atoms with Crippen molar-refractivity contribution < 1.29 is 24.6 Å². The van der Waals surface area contributed by atoms with Crippen molar-refractivity contribution in [3.63, 3.8) is 0 Å². The molecule has 5 atom stereocenters. The first-order chi connectivity index (χ1) is 13.5. The predicted molar refractivity (Wildman–Crippen MR) is 108 cm³/mol. The van der Waals surface area contributed by atoms with Crippen molar-refractivity contribution in [1.82, 2.24) is 0 Å². The summed E-state index contributed by atoms with van der Waals surface area (Å²) >= 11 is 0. The van der Waals surface area contributed by atoms with E-state index in [2.05, 4.69) is 6.92 Å². The number of aliphatic hydroxyl groups excluding tert-OH is 2. The maximum atomic E-state index is 12.3. The Bertz CT molecular complexity index is 606. The third-order valence-electron chi connectivity index (χ3n) is 6.05. The number of hydrogen-bond donors (Lipinski definition) is 2. The van der Waals surface area contributed by atoms with Gasteiger partial charge in [0.15, 0.2) is 0 Å². The summed E-state index contributed by atoms with van der Waals surface area (Å²) in [6, 6.07) is 0. The summed E-state index contributed by atoms with van der Waals surface area (Å²) in [7, 11) is 0. The molecule has 2 fully saturated rings.